The van der Waals surface area contributed by atoms with Crippen LogP contribution in [0.4, 0.5) is 4.79 Å². The summed E-state index contributed by atoms with van der Waals surface area (Å²) in [6, 6.07) is 0. The zero-order chi connectivity index (χ0) is 11.5. The molecule has 0 atom stereocenters. The Morgan fingerprint density at radius 3 is 2.67 bits per heavy atom. The zero-order valence-electron chi connectivity index (χ0n) is 9.12. The molecule has 1 N–H and O–H groups in total. The van der Waals surface area contributed by atoms with Gasteiger partial charge in [-0.2, -0.15) is 0 Å². The molecule has 0 aromatic carbocycles. The molecular formula is C10H17NO4. The average molecular weight is 215 g/mol. The van der Waals surface area contributed by atoms with E-state index >= 15 is 0 Å². The minimum Gasteiger partial charge on any atom is -0.448 e. The third kappa shape index (κ3) is 8.80. The highest BCUT2D eigenvalue weighted by atomic mass is 16.7. The SMILES string of the molecule is CCCCC=CC(=O)ONC(=O)OCC. The Labute approximate surface area is 89.4 Å². The van der Waals surface area contributed by atoms with Crippen molar-refractivity contribution in [3.8, 4) is 0 Å². The summed E-state index contributed by atoms with van der Waals surface area (Å²) in [6.45, 7) is 3.95. The number of rotatable bonds is 5. The molecule has 0 aliphatic heterocycles. The average Bonchev–Trinajstić information content (AvgIpc) is 2.22. The van der Waals surface area contributed by atoms with Gasteiger partial charge < -0.3 is 9.57 Å². The van der Waals surface area contributed by atoms with E-state index in [0.717, 1.165) is 19.3 Å². The van der Waals surface area contributed by atoms with Gasteiger partial charge in [0.25, 0.3) is 0 Å². The minimum absolute atomic E-state index is 0.232. The van der Waals surface area contributed by atoms with Gasteiger partial charge in [-0.05, 0) is 13.3 Å². The van der Waals surface area contributed by atoms with Crippen molar-refractivity contribution in [1.29, 1.82) is 0 Å². The first-order valence-corrected chi connectivity index (χ1v) is 5.00. The number of hydrogen-bond donors (Lipinski definition) is 1. The maximum atomic E-state index is 10.9. The molecule has 5 nitrogen and oxygen atoms in total. The summed E-state index contributed by atoms with van der Waals surface area (Å²) in [5, 5.41) is 0. The predicted octanol–water partition coefficient (Wildman–Crippen LogP) is 1.94. The van der Waals surface area contributed by atoms with Crippen LogP contribution in [-0.4, -0.2) is 18.7 Å². The van der Waals surface area contributed by atoms with Crippen LogP contribution in [0, 0.1) is 0 Å². The number of carbonyl (C=O) groups excluding carboxylic acids is 2. The van der Waals surface area contributed by atoms with Gasteiger partial charge in [-0.15, -0.1) is 5.48 Å². The second kappa shape index (κ2) is 9.05. The molecule has 0 heterocycles. The molecule has 0 bridgehead atoms. The largest absolute Gasteiger partial charge is 0.448 e. The highest BCUT2D eigenvalue weighted by molar-refractivity contribution is 5.82. The lowest BCUT2D eigenvalue weighted by atomic mass is 10.2. The molecule has 0 saturated heterocycles. The summed E-state index contributed by atoms with van der Waals surface area (Å²) in [6.07, 6.45) is 5.13. The quantitative estimate of drug-likeness (QED) is 0.432. The molecule has 0 spiro atoms. The molecule has 15 heavy (non-hydrogen) atoms. The Morgan fingerprint density at radius 2 is 2.07 bits per heavy atom. The first-order valence-electron chi connectivity index (χ1n) is 5.00. The number of nitrogens with one attached hydrogen (secondary N) is 1. The summed E-state index contributed by atoms with van der Waals surface area (Å²) in [5.74, 6) is -0.612. The molecule has 0 fully saturated rings. The molecule has 0 aromatic heterocycles. The molecule has 0 aromatic rings. The second-order valence-electron chi connectivity index (χ2n) is 2.79. The van der Waals surface area contributed by atoms with Gasteiger partial charge in [0.2, 0.25) is 0 Å². The lowest BCUT2D eigenvalue weighted by molar-refractivity contribution is -0.143. The number of allylic oxidation sites excluding steroid dienone is 1. The molecular weight excluding hydrogens is 198 g/mol. The van der Waals surface area contributed by atoms with Crippen LogP contribution < -0.4 is 5.48 Å². The van der Waals surface area contributed by atoms with Crippen LogP contribution >= 0.6 is 0 Å². The predicted molar refractivity (Wildman–Crippen MR) is 54.9 cm³/mol. The summed E-state index contributed by atoms with van der Waals surface area (Å²) in [7, 11) is 0. The lowest BCUT2D eigenvalue weighted by Gasteiger charge is -2.02. The van der Waals surface area contributed by atoms with E-state index in [2.05, 4.69) is 16.5 Å². The summed E-state index contributed by atoms with van der Waals surface area (Å²) in [5.41, 5.74) is 1.86. The molecule has 86 valence electrons. The van der Waals surface area contributed by atoms with Gasteiger partial charge in [-0.3, -0.25) is 0 Å². The van der Waals surface area contributed by atoms with E-state index in [9.17, 15) is 9.59 Å². The molecule has 0 rings (SSSR count). The van der Waals surface area contributed by atoms with Crippen molar-refractivity contribution in [2.75, 3.05) is 6.61 Å². The van der Waals surface area contributed by atoms with E-state index in [1.165, 1.54) is 6.08 Å². The number of hydrogen-bond acceptors (Lipinski definition) is 4. The van der Waals surface area contributed by atoms with Crippen molar-refractivity contribution in [1.82, 2.24) is 5.48 Å². The fourth-order valence-electron chi connectivity index (χ4n) is 0.788. The molecule has 0 aliphatic carbocycles. The van der Waals surface area contributed by atoms with Crippen LogP contribution in [0.25, 0.3) is 0 Å². The summed E-state index contributed by atoms with van der Waals surface area (Å²) < 4.78 is 4.48. The van der Waals surface area contributed by atoms with E-state index in [-0.39, 0.29) is 6.61 Å². The first-order chi connectivity index (χ1) is 7.20. The van der Waals surface area contributed by atoms with Crippen molar-refractivity contribution in [2.45, 2.75) is 33.1 Å². The van der Waals surface area contributed by atoms with Gasteiger partial charge in [0.05, 0.1) is 6.61 Å². The van der Waals surface area contributed by atoms with Crippen LogP contribution in [0.15, 0.2) is 12.2 Å². The maximum Gasteiger partial charge on any atom is 0.440 e. The lowest BCUT2D eigenvalue weighted by Crippen LogP contribution is -2.26. The van der Waals surface area contributed by atoms with Crippen LogP contribution in [-0.2, 0) is 14.4 Å². The van der Waals surface area contributed by atoms with E-state index in [4.69, 9.17) is 0 Å². The Kier molecular flexibility index (Phi) is 8.13. The van der Waals surface area contributed by atoms with Crippen molar-refractivity contribution in [2.24, 2.45) is 0 Å². The van der Waals surface area contributed by atoms with E-state index < -0.39 is 12.1 Å². The van der Waals surface area contributed by atoms with Crippen molar-refractivity contribution >= 4 is 12.1 Å². The Hall–Kier alpha value is -1.52. The molecule has 0 aliphatic rings. The third-order valence-corrected chi connectivity index (χ3v) is 1.49. The summed E-state index contributed by atoms with van der Waals surface area (Å²) in [4.78, 5) is 26.0. The molecule has 0 radical (unpaired) electrons. The molecule has 1 amide bonds. The minimum atomic E-state index is -0.771. The standard InChI is InChI=1S/C10H17NO4/c1-3-5-6-7-8-9(12)15-11-10(13)14-4-2/h7-8H,3-6H2,1-2H3,(H,11,13). The van der Waals surface area contributed by atoms with E-state index in [1.807, 2.05) is 5.48 Å². The Morgan fingerprint density at radius 1 is 1.33 bits per heavy atom. The number of hydroxylamine groups is 1. The van der Waals surface area contributed by atoms with E-state index in [0.29, 0.717) is 0 Å². The van der Waals surface area contributed by atoms with Crippen LogP contribution in [0.5, 0.6) is 0 Å². The highest BCUT2D eigenvalue weighted by Crippen LogP contribution is 1.94. The Balaban J connectivity index is 3.56. The van der Waals surface area contributed by atoms with Crippen LogP contribution in [0.2, 0.25) is 0 Å². The monoisotopic (exact) mass is 215 g/mol. The smallest absolute Gasteiger partial charge is 0.440 e. The van der Waals surface area contributed by atoms with Gasteiger partial charge in [0, 0.05) is 6.08 Å². The normalized spacial score (nSPS) is 10.0. The van der Waals surface area contributed by atoms with Crippen LogP contribution in [0.3, 0.4) is 0 Å². The second-order valence-corrected chi connectivity index (χ2v) is 2.79. The fourth-order valence-corrected chi connectivity index (χ4v) is 0.788. The highest BCUT2D eigenvalue weighted by Gasteiger charge is 2.02. The number of unbranched alkanes of at least 4 members (excludes halogenated alkanes) is 2. The maximum absolute atomic E-state index is 10.9. The van der Waals surface area contributed by atoms with Gasteiger partial charge in [0.1, 0.15) is 0 Å². The van der Waals surface area contributed by atoms with Gasteiger partial charge in [-0.25, -0.2) is 9.59 Å². The van der Waals surface area contributed by atoms with Crippen molar-refractivity contribution < 1.29 is 19.2 Å². The fraction of sp³-hybridized carbons (Fsp3) is 0.600. The summed E-state index contributed by atoms with van der Waals surface area (Å²) >= 11 is 0. The van der Waals surface area contributed by atoms with Gasteiger partial charge in [-0.1, -0.05) is 25.8 Å². The molecule has 0 saturated carbocycles. The number of ether oxygens (including phenoxy) is 1. The zero-order valence-corrected chi connectivity index (χ0v) is 9.12. The first kappa shape index (κ1) is 13.5. The Bertz CT molecular complexity index is 225. The van der Waals surface area contributed by atoms with Crippen molar-refractivity contribution in [3.05, 3.63) is 12.2 Å². The van der Waals surface area contributed by atoms with E-state index in [1.54, 1.807) is 13.0 Å². The molecule has 5 heteroatoms. The van der Waals surface area contributed by atoms with Crippen LogP contribution in [0.1, 0.15) is 33.1 Å². The topological polar surface area (TPSA) is 64.6 Å². The van der Waals surface area contributed by atoms with Gasteiger partial charge >= 0.3 is 12.1 Å². The third-order valence-electron chi connectivity index (χ3n) is 1.49. The van der Waals surface area contributed by atoms with Crippen molar-refractivity contribution in [3.63, 3.8) is 0 Å². The van der Waals surface area contributed by atoms with Gasteiger partial charge in [0.15, 0.2) is 0 Å². The number of carbonyl (C=O) groups is 2. The number of amides is 1. The molecule has 0 unspecified atom stereocenters.